The third-order valence-electron chi connectivity index (χ3n) is 3.11. The van der Waals surface area contributed by atoms with E-state index < -0.39 is 5.60 Å². The van der Waals surface area contributed by atoms with Crippen LogP contribution in [-0.2, 0) is 9.47 Å². The van der Waals surface area contributed by atoms with Gasteiger partial charge in [0.1, 0.15) is 11.7 Å². The van der Waals surface area contributed by atoms with Crippen LogP contribution in [0, 0.1) is 0 Å². The van der Waals surface area contributed by atoms with Gasteiger partial charge in [-0.2, -0.15) is 0 Å². The van der Waals surface area contributed by atoms with E-state index in [1.54, 1.807) is 17.0 Å². The minimum atomic E-state index is -0.505. The van der Waals surface area contributed by atoms with Gasteiger partial charge in [-0.15, -0.1) is 0 Å². The Bertz CT molecular complexity index is 528. The first-order chi connectivity index (χ1) is 9.76. The van der Waals surface area contributed by atoms with Gasteiger partial charge in [0.25, 0.3) is 0 Å². The predicted molar refractivity (Wildman–Crippen MR) is 82.4 cm³/mol. The van der Waals surface area contributed by atoms with E-state index in [0.717, 1.165) is 5.56 Å². The molecule has 1 atom stereocenters. The Morgan fingerprint density at radius 1 is 1.48 bits per heavy atom. The lowest BCUT2D eigenvalue weighted by Crippen LogP contribution is -2.44. The van der Waals surface area contributed by atoms with Crippen molar-refractivity contribution < 1.29 is 14.3 Å². The van der Waals surface area contributed by atoms with Crippen LogP contribution in [0.1, 0.15) is 32.4 Å². The maximum atomic E-state index is 12.1. The molecule has 0 spiro atoms. The molecule has 2 rings (SSSR count). The van der Waals surface area contributed by atoms with Crippen LogP contribution in [0.15, 0.2) is 18.2 Å². The first-order valence-electron chi connectivity index (χ1n) is 6.91. The van der Waals surface area contributed by atoms with Gasteiger partial charge in [-0.05, 0) is 38.5 Å². The average molecular weight is 313 g/mol. The van der Waals surface area contributed by atoms with Gasteiger partial charge in [-0.3, -0.25) is 0 Å². The van der Waals surface area contributed by atoms with Gasteiger partial charge in [0.2, 0.25) is 0 Å². The van der Waals surface area contributed by atoms with Gasteiger partial charge >= 0.3 is 6.09 Å². The van der Waals surface area contributed by atoms with Crippen LogP contribution in [-0.4, -0.2) is 36.3 Å². The van der Waals surface area contributed by atoms with Gasteiger partial charge < -0.3 is 20.1 Å². The highest BCUT2D eigenvalue weighted by Crippen LogP contribution is 2.28. The Balaban J connectivity index is 2.06. The van der Waals surface area contributed by atoms with Crippen molar-refractivity contribution in [3.8, 4) is 0 Å². The number of benzene rings is 1. The minimum Gasteiger partial charge on any atom is -0.444 e. The van der Waals surface area contributed by atoms with E-state index in [-0.39, 0.29) is 12.2 Å². The van der Waals surface area contributed by atoms with Crippen LogP contribution in [0.4, 0.5) is 10.5 Å². The molecule has 1 saturated heterocycles. The number of carbonyl (C=O) groups excluding carboxylic acids is 1. The van der Waals surface area contributed by atoms with Crippen LogP contribution in [0.3, 0.4) is 0 Å². The number of ether oxygens (including phenoxy) is 2. The highest BCUT2D eigenvalue weighted by Gasteiger charge is 2.29. The number of amides is 1. The van der Waals surface area contributed by atoms with Crippen molar-refractivity contribution in [3.63, 3.8) is 0 Å². The van der Waals surface area contributed by atoms with Gasteiger partial charge in [-0.1, -0.05) is 17.7 Å². The fourth-order valence-electron chi connectivity index (χ4n) is 2.09. The van der Waals surface area contributed by atoms with Crippen LogP contribution in [0.5, 0.6) is 0 Å². The number of hydrogen-bond donors (Lipinski definition) is 1. The summed E-state index contributed by atoms with van der Waals surface area (Å²) >= 11 is 6.03. The molecule has 0 unspecified atom stereocenters. The third kappa shape index (κ3) is 4.25. The normalized spacial score (nSPS) is 19.4. The van der Waals surface area contributed by atoms with Crippen molar-refractivity contribution in [1.29, 1.82) is 0 Å². The molecule has 1 aliphatic heterocycles. The average Bonchev–Trinajstić information content (AvgIpc) is 2.40. The van der Waals surface area contributed by atoms with Crippen molar-refractivity contribution in [1.82, 2.24) is 4.90 Å². The first kappa shape index (κ1) is 15.9. The number of nitrogen functional groups attached to an aromatic ring is 1. The van der Waals surface area contributed by atoms with Crippen LogP contribution in [0.2, 0.25) is 5.02 Å². The SMILES string of the molecule is CC(C)(C)OC(=O)N1CCO[C@H](c2ccc(N)c(Cl)c2)C1. The summed E-state index contributed by atoms with van der Waals surface area (Å²) in [6.45, 7) is 6.98. The van der Waals surface area contributed by atoms with Gasteiger partial charge in [-0.25, -0.2) is 4.79 Å². The molecule has 21 heavy (non-hydrogen) atoms. The summed E-state index contributed by atoms with van der Waals surface area (Å²) in [6, 6.07) is 5.39. The lowest BCUT2D eigenvalue weighted by molar-refractivity contribution is -0.0432. The van der Waals surface area contributed by atoms with Gasteiger partial charge in [0.05, 0.1) is 23.9 Å². The molecule has 5 nitrogen and oxygen atoms in total. The first-order valence-corrected chi connectivity index (χ1v) is 7.28. The lowest BCUT2D eigenvalue weighted by Gasteiger charge is -2.34. The number of morpholine rings is 1. The zero-order valence-corrected chi connectivity index (χ0v) is 13.3. The Labute approximate surface area is 130 Å². The lowest BCUT2D eigenvalue weighted by atomic mass is 10.1. The van der Waals surface area contributed by atoms with E-state index in [1.165, 1.54) is 0 Å². The molecule has 1 amide bonds. The van der Waals surface area contributed by atoms with E-state index in [2.05, 4.69) is 0 Å². The quantitative estimate of drug-likeness (QED) is 0.809. The molecule has 1 aromatic carbocycles. The standard InChI is InChI=1S/C15H21ClN2O3/c1-15(2,3)21-14(19)18-6-7-20-13(9-18)10-4-5-12(17)11(16)8-10/h4-5,8,13H,6-7,9,17H2,1-3H3/t13-/m0/s1. The summed E-state index contributed by atoms with van der Waals surface area (Å²) < 4.78 is 11.1. The third-order valence-corrected chi connectivity index (χ3v) is 3.44. The number of hydrogen-bond acceptors (Lipinski definition) is 4. The zero-order chi connectivity index (χ0) is 15.6. The summed E-state index contributed by atoms with van der Waals surface area (Å²) in [6.07, 6.45) is -0.540. The molecule has 0 radical (unpaired) electrons. The summed E-state index contributed by atoms with van der Waals surface area (Å²) in [7, 11) is 0. The summed E-state index contributed by atoms with van der Waals surface area (Å²) in [4.78, 5) is 13.8. The van der Waals surface area contributed by atoms with E-state index >= 15 is 0 Å². The van der Waals surface area contributed by atoms with E-state index in [0.29, 0.717) is 30.4 Å². The van der Waals surface area contributed by atoms with Crippen LogP contribution >= 0.6 is 11.6 Å². The van der Waals surface area contributed by atoms with E-state index in [9.17, 15) is 4.79 Å². The second-order valence-corrected chi connectivity index (χ2v) is 6.47. The molecular weight excluding hydrogens is 292 g/mol. The fraction of sp³-hybridized carbons (Fsp3) is 0.533. The number of nitrogens with zero attached hydrogens (tertiary/aromatic N) is 1. The summed E-state index contributed by atoms with van der Waals surface area (Å²) in [5.41, 5.74) is 6.63. The van der Waals surface area contributed by atoms with Gasteiger partial charge in [0.15, 0.2) is 0 Å². The van der Waals surface area contributed by atoms with Crippen molar-refractivity contribution in [3.05, 3.63) is 28.8 Å². The molecule has 0 aromatic heterocycles. The van der Waals surface area contributed by atoms with Crippen molar-refractivity contribution in [2.75, 3.05) is 25.4 Å². The van der Waals surface area contributed by atoms with E-state index in [1.807, 2.05) is 26.8 Å². The molecule has 116 valence electrons. The van der Waals surface area contributed by atoms with Gasteiger partial charge in [0, 0.05) is 6.54 Å². The van der Waals surface area contributed by atoms with Crippen LogP contribution < -0.4 is 5.73 Å². The molecule has 0 bridgehead atoms. The zero-order valence-electron chi connectivity index (χ0n) is 12.6. The predicted octanol–water partition coefficient (Wildman–Crippen LogP) is 3.23. The minimum absolute atomic E-state index is 0.218. The van der Waals surface area contributed by atoms with E-state index in [4.69, 9.17) is 26.8 Å². The number of carbonyl (C=O) groups is 1. The summed E-state index contributed by atoms with van der Waals surface area (Å²) in [5, 5.41) is 0.491. The molecular formula is C15H21ClN2O3. The second kappa shape index (κ2) is 6.12. The largest absolute Gasteiger partial charge is 0.444 e. The van der Waals surface area contributed by atoms with Crippen molar-refractivity contribution in [2.45, 2.75) is 32.5 Å². The maximum absolute atomic E-state index is 12.1. The van der Waals surface area contributed by atoms with Crippen molar-refractivity contribution >= 4 is 23.4 Å². The summed E-state index contributed by atoms with van der Waals surface area (Å²) in [5.74, 6) is 0. The fourth-order valence-corrected chi connectivity index (χ4v) is 2.28. The Morgan fingerprint density at radius 2 is 2.19 bits per heavy atom. The Hall–Kier alpha value is -1.46. The Kier molecular flexibility index (Phi) is 4.64. The molecule has 2 N–H and O–H groups in total. The Morgan fingerprint density at radius 3 is 2.81 bits per heavy atom. The highest BCUT2D eigenvalue weighted by atomic mass is 35.5. The monoisotopic (exact) mass is 312 g/mol. The molecule has 1 aromatic rings. The number of halogens is 1. The second-order valence-electron chi connectivity index (χ2n) is 6.07. The van der Waals surface area contributed by atoms with Crippen molar-refractivity contribution in [2.24, 2.45) is 0 Å². The maximum Gasteiger partial charge on any atom is 0.410 e. The number of anilines is 1. The van der Waals surface area contributed by atoms with Crippen LogP contribution in [0.25, 0.3) is 0 Å². The molecule has 0 aliphatic carbocycles. The molecule has 1 fully saturated rings. The number of nitrogens with two attached hydrogens (primary N) is 1. The molecule has 1 aliphatic rings. The smallest absolute Gasteiger partial charge is 0.410 e. The topological polar surface area (TPSA) is 64.8 Å². The number of rotatable bonds is 1. The molecule has 0 saturated carbocycles. The molecule has 1 heterocycles. The highest BCUT2D eigenvalue weighted by molar-refractivity contribution is 6.33. The molecule has 6 heteroatoms.